The number of aromatic nitrogens is 2. The quantitative estimate of drug-likeness (QED) is 0.624. The van der Waals surface area contributed by atoms with E-state index in [1.165, 1.54) is 0 Å². The topological polar surface area (TPSA) is 59.1 Å². The number of hydrazine groups is 1. The van der Waals surface area contributed by atoms with Crippen LogP contribution >= 0.6 is 0 Å². The van der Waals surface area contributed by atoms with Gasteiger partial charge in [-0.05, 0) is 23.8 Å². The Hall–Kier alpha value is -1.85. The predicted octanol–water partition coefficient (Wildman–Crippen LogP) is 1.04. The first-order chi connectivity index (χ1) is 8.61. The summed E-state index contributed by atoms with van der Waals surface area (Å²) < 4.78 is 1.77. The number of nitrogens with zero attached hydrogens (tertiary/aromatic N) is 3. The molecule has 0 radical (unpaired) electrons. The smallest absolute Gasteiger partial charge is 0.0899 e. The largest absolute Gasteiger partial charge is 0.378 e. The summed E-state index contributed by atoms with van der Waals surface area (Å²) in [6.07, 6.45) is 1.91. The van der Waals surface area contributed by atoms with Crippen molar-refractivity contribution < 1.29 is 0 Å². The Morgan fingerprint density at radius 1 is 1.22 bits per heavy atom. The zero-order valence-corrected chi connectivity index (χ0v) is 11.0. The third-order valence-electron chi connectivity index (χ3n) is 2.94. The van der Waals surface area contributed by atoms with Gasteiger partial charge in [-0.3, -0.25) is 10.5 Å². The monoisotopic (exact) mass is 245 g/mol. The number of hydrogen-bond donors (Lipinski definition) is 2. The van der Waals surface area contributed by atoms with Gasteiger partial charge in [0, 0.05) is 33.0 Å². The molecular weight excluding hydrogens is 226 g/mol. The molecule has 1 aromatic heterocycles. The first-order valence-corrected chi connectivity index (χ1v) is 5.85. The van der Waals surface area contributed by atoms with Gasteiger partial charge in [0.25, 0.3) is 0 Å². The molecule has 1 heterocycles. The van der Waals surface area contributed by atoms with E-state index in [1.54, 1.807) is 4.68 Å². The van der Waals surface area contributed by atoms with E-state index in [0.29, 0.717) is 0 Å². The van der Waals surface area contributed by atoms with Crippen LogP contribution in [-0.2, 0) is 7.05 Å². The van der Waals surface area contributed by atoms with E-state index in [1.807, 2.05) is 33.4 Å². The van der Waals surface area contributed by atoms with Gasteiger partial charge < -0.3 is 4.90 Å². The van der Waals surface area contributed by atoms with Crippen LogP contribution < -0.4 is 16.2 Å². The molecule has 5 nitrogen and oxygen atoms in total. The molecule has 3 N–H and O–H groups in total. The van der Waals surface area contributed by atoms with Crippen LogP contribution in [0.5, 0.6) is 0 Å². The summed E-state index contributed by atoms with van der Waals surface area (Å²) >= 11 is 0. The molecule has 0 saturated carbocycles. The maximum Gasteiger partial charge on any atom is 0.0899 e. The Morgan fingerprint density at radius 2 is 1.89 bits per heavy atom. The van der Waals surface area contributed by atoms with Crippen molar-refractivity contribution >= 4 is 5.69 Å². The minimum Gasteiger partial charge on any atom is -0.378 e. The van der Waals surface area contributed by atoms with E-state index in [-0.39, 0.29) is 6.04 Å². The number of rotatable bonds is 4. The molecule has 1 atom stereocenters. The number of benzene rings is 1. The summed E-state index contributed by atoms with van der Waals surface area (Å²) in [7, 11) is 5.94. The molecule has 0 fully saturated rings. The highest BCUT2D eigenvalue weighted by Crippen LogP contribution is 2.22. The molecule has 0 aliphatic heterocycles. The van der Waals surface area contributed by atoms with Gasteiger partial charge in [-0.2, -0.15) is 5.10 Å². The van der Waals surface area contributed by atoms with Gasteiger partial charge in [-0.25, -0.2) is 5.43 Å². The van der Waals surface area contributed by atoms with Crippen LogP contribution in [0.15, 0.2) is 36.5 Å². The zero-order valence-electron chi connectivity index (χ0n) is 11.0. The maximum atomic E-state index is 5.63. The second-order valence-corrected chi connectivity index (χ2v) is 4.50. The molecule has 5 heteroatoms. The number of nitrogens with one attached hydrogen (secondary N) is 1. The lowest BCUT2D eigenvalue weighted by atomic mass is 10.0. The molecule has 96 valence electrons. The number of nitrogens with two attached hydrogens (primary N) is 1. The number of aryl methyl sites for hydroxylation is 1. The average molecular weight is 245 g/mol. The van der Waals surface area contributed by atoms with Crippen molar-refractivity contribution in [1.82, 2.24) is 15.2 Å². The van der Waals surface area contributed by atoms with Crippen molar-refractivity contribution in [3.05, 3.63) is 47.8 Å². The molecule has 2 rings (SSSR count). The Labute approximate surface area is 107 Å². The number of anilines is 1. The van der Waals surface area contributed by atoms with E-state index in [4.69, 9.17) is 5.84 Å². The predicted molar refractivity (Wildman–Crippen MR) is 73.1 cm³/mol. The second kappa shape index (κ2) is 5.20. The Balaban J connectivity index is 2.28. The first kappa shape index (κ1) is 12.6. The molecule has 0 saturated heterocycles. The van der Waals surface area contributed by atoms with Crippen molar-refractivity contribution in [3.63, 3.8) is 0 Å². The minimum absolute atomic E-state index is 0.0811. The summed E-state index contributed by atoms with van der Waals surface area (Å²) in [5.74, 6) is 5.63. The Kier molecular flexibility index (Phi) is 3.64. The zero-order chi connectivity index (χ0) is 13.1. The van der Waals surface area contributed by atoms with Crippen LogP contribution in [0.1, 0.15) is 17.3 Å². The van der Waals surface area contributed by atoms with Crippen molar-refractivity contribution in [2.75, 3.05) is 19.0 Å². The third kappa shape index (κ3) is 2.52. The standard InChI is InChI=1S/C13H19N5/c1-17(2)11-6-4-10(5-7-11)13(15-14)12-8-9-18(3)16-12/h4-9,13,15H,14H2,1-3H3. The molecule has 1 aromatic carbocycles. The normalized spacial score (nSPS) is 12.4. The molecule has 0 bridgehead atoms. The van der Waals surface area contributed by atoms with Crippen LogP contribution in [-0.4, -0.2) is 23.9 Å². The van der Waals surface area contributed by atoms with Gasteiger partial charge in [0.2, 0.25) is 0 Å². The van der Waals surface area contributed by atoms with Crippen LogP contribution in [0.4, 0.5) is 5.69 Å². The van der Waals surface area contributed by atoms with E-state index < -0.39 is 0 Å². The van der Waals surface area contributed by atoms with Gasteiger partial charge in [0.05, 0.1) is 11.7 Å². The van der Waals surface area contributed by atoms with E-state index in [9.17, 15) is 0 Å². The van der Waals surface area contributed by atoms with E-state index >= 15 is 0 Å². The fourth-order valence-corrected chi connectivity index (χ4v) is 1.90. The SMILES string of the molecule is CN(C)c1ccc(C(NN)c2ccn(C)n2)cc1. The van der Waals surface area contributed by atoms with Crippen LogP contribution in [0.3, 0.4) is 0 Å². The van der Waals surface area contributed by atoms with Gasteiger partial charge in [0.15, 0.2) is 0 Å². The molecular formula is C13H19N5. The third-order valence-corrected chi connectivity index (χ3v) is 2.94. The fourth-order valence-electron chi connectivity index (χ4n) is 1.90. The van der Waals surface area contributed by atoms with Gasteiger partial charge in [-0.15, -0.1) is 0 Å². The molecule has 0 aliphatic rings. The highest BCUT2D eigenvalue weighted by atomic mass is 15.3. The molecule has 0 aliphatic carbocycles. The highest BCUT2D eigenvalue weighted by Gasteiger charge is 2.14. The molecule has 0 amide bonds. The van der Waals surface area contributed by atoms with Crippen LogP contribution in [0.25, 0.3) is 0 Å². The molecule has 1 unspecified atom stereocenters. The molecule has 0 spiro atoms. The van der Waals surface area contributed by atoms with E-state index in [0.717, 1.165) is 16.9 Å². The second-order valence-electron chi connectivity index (χ2n) is 4.50. The maximum absolute atomic E-state index is 5.63. The molecule has 18 heavy (non-hydrogen) atoms. The van der Waals surface area contributed by atoms with Crippen molar-refractivity contribution in [2.45, 2.75) is 6.04 Å². The Bertz CT molecular complexity index is 500. The summed E-state index contributed by atoms with van der Waals surface area (Å²) in [6, 6.07) is 10.2. The summed E-state index contributed by atoms with van der Waals surface area (Å²) in [5, 5.41) is 4.38. The summed E-state index contributed by atoms with van der Waals surface area (Å²) in [4.78, 5) is 2.06. The van der Waals surface area contributed by atoms with Gasteiger partial charge in [-0.1, -0.05) is 12.1 Å². The van der Waals surface area contributed by atoms with Gasteiger partial charge in [0.1, 0.15) is 0 Å². The lowest BCUT2D eigenvalue weighted by Gasteiger charge is -2.17. The Morgan fingerprint density at radius 3 is 2.33 bits per heavy atom. The van der Waals surface area contributed by atoms with Crippen LogP contribution in [0, 0.1) is 0 Å². The number of hydrogen-bond acceptors (Lipinski definition) is 4. The lowest BCUT2D eigenvalue weighted by molar-refractivity contribution is 0.603. The lowest BCUT2D eigenvalue weighted by Crippen LogP contribution is -2.29. The first-order valence-electron chi connectivity index (χ1n) is 5.85. The van der Waals surface area contributed by atoms with Crippen LogP contribution in [0.2, 0.25) is 0 Å². The highest BCUT2D eigenvalue weighted by molar-refractivity contribution is 5.47. The van der Waals surface area contributed by atoms with Crippen molar-refractivity contribution in [2.24, 2.45) is 12.9 Å². The minimum atomic E-state index is -0.0811. The van der Waals surface area contributed by atoms with Crippen molar-refractivity contribution in [3.8, 4) is 0 Å². The molecule has 2 aromatic rings. The summed E-state index contributed by atoms with van der Waals surface area (Å²) in [5.41, 5.74) is 5.98. The fraction of sp³-hybridized carbons (Fsp3) is 0.308. The summed E-state index contributed by atoms with van der Waals surface area (Å²) in [6.45, 7) is 0. The van der Waals surface area contributed by atoms with E-state index in [2.05, 4.69) is 39.7 Å². The van der Waals surface area contributed by atoms with Gasteiger partial charge >= 0.3 is 0 Å². The average Bonchev–Trinajstić information content (AvgIpc) is 2.77. The van der Waals surface area contributed by atoms with Crippen molar-refractivity contribution in [1.29, 1.82) is 0 Å².